The number of rotatable bonds is 11. The zero-order valence-corrected chi connectivity index (χ0v) is 26.0. The number of nitrogens with one attached hydrogen (secondary N) is 1. The van der Waals surface area contributed by atoms with E-state index in [0.717, 1.165) is 39.7 Å². The SMILES string of the molecule is C/C=C\C.C=Cc1cccc(NC(=C)C(C)=N/C=C(C)/C(C=NC)=C/C)c1.CC.CCCC(C)CCC. The zero-order valence-electron chi connectivity index (χ0n) is 26.0. The maximum absolute atomic E-state index is 4.48. The fourth-order valence-electron chi connectivity index (χ4n) is 3.03. The van der Waals surface area contributed by atoms with Crippen molar-refractivity contribution in [1.29, 1.82) is 0 Å². The zero-order chi connectivity index (χ0) is 29.1. The van der Waals surface area contributed by atoms with E-state index in [-0.39, 0.29) is 0 Å². The molecule has 1 aromatic carbocycles. The second-order valence-corrected chi connectivity index (χ2v) is 8.44. The van der Waals surface area contributed by atoms with Crippen molar-refractivity contribution in [3.63, 3.8) is 0 Å². The molecule has 0 radical (unpaired) electrons. The third-order valence-electron chi connectivity index (χ3n) is 5.24. The Kier molecular flexibility index (Phi) is 28.8. The third-order valence-corrected chi connectivity index (χ3v) is 5.24. The van der Waals surface area contributed by atoms with E-state index in [1.807, 2.05) is 109 Å². The molecule has 1 N–H and O–H groups in total. The van der Waals surface area contributed by atoms with E-state index in [4.69, 9.17) is 0 Å². The topological polar surface area (TPSA) is 36.8 Å². The van der Waals surface area contributed by atoms with E-state index in [2.05, 4.69) is 49.2 Å². The molecule has 0 heterocycles. The Hall–Kier alpha value is -2.94. The first kappa shape index (κ1) is 38.6. The van der Waals surface area contributed by atoms with E-state index in [9.17, 15) is 0 Å². The van der Waals surface area contributed by atoms with Gasteiger partial charge in [-0.05, 0) is 69.4 Å². The predicted octanol–water partition coefficient (Wildman–Crippen LogP) is 11.1. The largest absolute Gasteiger partial charge is 0.355 e. The monoisotopic (exact) mass is 507 g/mol. The maximum Gasteiger partial charge on any atom is 0.0601 e. The Bertz CT molecular complexity index is 857. The Labute approximate surface area is 231 Å². The summed E-state index contributed by atoms with van der Waals surface area (Å²) in [5, 5.41) is 3.27. The van der Waals surface area contributed by atoms with Crippen LogP contribution in [0.15, 0.2) is 88.7 Å². The van der Waals surface area contributed by atoms with Crippen LogP contribution in [0.2, 0.25) is 0 Å². The number of anilines is 1. The fourth-order valence-corrected chi connectivity index (χ4v) is 3.03. The number of hydrogen-bond donors (Lipinski definition) is 1. The van der Waals surface area contributed by atoms with E-state index in [1.165, 1.54) is 25.7 Å². The van der Waals surface area contributed by atoms with Crippen molar-refractivity contribution < 1.29 is 0 Å². The lowest BCUT2D eigenvalue weighted by Crippen LogP contribution is -2.06. The van der Waals surface area contributed by atoms with Crippen LogP contribution in [0.5, 0.6) is 0 Å². The van der Waals surface area contributed by atoms with Gasteiger partial charge in [-0.1, -0.05) is 110 Å². The van der Waals surface area contributed by atoms with E-state index < -0.39 is 0 Å². The minimum atomic E-state index is 0.765. The Balaban J connectivity index is -0.000000681. The summed E-state index contributed by atoms with van der Waals surface area (Å²) >= 11 is 0. The van der Waals surface area contributed by atoms with Gasteiger partial charge in [0.05, 0.1) is 11.4 Å². The molecule has 0 aliphatic rings. The molecule has 37 heavy (non-hydrogen) atoms. The van der Waals surface area contributed by atoms with Gasteiger partial charge in [-0.15, -0.1) is 0 Å². The maximum atomic E-state index is 4.48. The van der Waals surface area contributed by atoms with Gasteiger partial charge < -0.3 is 5.32 Å². The highest BCUT2D eigenvalue weighted by Crippen LogP contribution is 2.14. The van der Waals surface area contributed by atoms with Crippen molar-refractivity contribution in [2.45, 2.75) is 94.9 Å². The van der Waals surface area contributed by atoms with Gasteiger partial charge in [0.15, 0.2) is 0 Å². The minimum Gasteiger partial charge on any atom is -0.355 e. The van der Waals surface area contributed by atoms with Gasteiger partial charge in [0.1, 0.15) is 0 Å². The molecule has 0 saturated heterocycles. The Morgan fingerprint density at radius 2 is 1.59 bits per heavy atom. The number of hydrogen-bond acceptors (Lipinski definition) is 3. The lowest BCUT2D eigenvalue weighted by Gasteiger charge is -2.09. The fraction of sp³-hybridized carbons (Fsp3) is 0.471. The number of benzene rings is 1. The molecule has 0 aliphatic heterocycles. The molecule has 0 atom stereocenters. The lowest BCUT2D eigenvalue weighted by molar-refractivity contribution is 0.480. The molecule has 0 aromatic heterocycles. The summed E-state index contributed by atoms with van der Waals surface area (Å²) in [6, 6.07) is 7.98. The highest BCUT2D eigenvalue weighted by atomic mass is 14.9. The number of nitrogens with zero attached hydrogens (tertiary/aromatic N) is 2. The summed E-state index contributed by atoms with van der Waals surface area (Å²) in [6.45, 7) is 28.6. The van der Waals surface area contributed by atoms with Gasteiger partial charge >= 0.3 is 0 Å². The molecule has 0 fully saturated rings. The second-order valence-electron chi connectivity index (χ2n) is 8.44. The third kappa shape index (κ3) is 22.0. The average molecular weight is 508 g/mol. The standard InChI is InChI=1S/C20H25N3.C8H18.C4H8.C2H6/c1-7-18-10-9-11-20(12-18)23-17(5)16(4)22-13-15(3)19(8-2)14-21-6;1-4-6-8(3)7-5-2;1-3-4-2;1-2/h7-14,23H,1,5H2,2-4,6H3;8H,4-7H2,1-3H3;3-4H,1-2H3;1-2H3/b15-13+,19-8+,21-14?,22-16?;;4-3-;. The average Bonchev–Trinajstić information content (AvgIpc) is 2.92. The van der Waals surface area contributed by atoms with Crippen molar-refractivity contribution in [3.8, 4) is 0 Å². The molecule has 3 nitrogen and oxygen atoms in total. The molecule has 1 aromatic rings. The Morgan fingerprint density at radius 1 is 1.03 bits per heavy atom. The molecule has 0 aliphatic carbocycles. The summed E-state index contributed by atoms with van der Waals surface area (Å²) in [5.41, 5.74) is 5.73. The van der Waals surface area contributed by atoms with E-state index in [0.29, 0.717) is 0 Å². The molecule has 0 unspecified atom stereocenters. The van der Waals surface area contributed by atoms with Gasteiger partial charge in [0.25, 0.3) is 0 Å². The highest BCUT2D eigenvalue weighted by molar-refractivity contribution is 6.00. The molecule has 0 saturated carbocycles. The normalized spacial score (nSPS) is 11.7. The van der Waals surface area contributed by atoms with Crippen LogP contribution in [0.4, 0.5) is 5.69 Å². The van der Waals surface area contributed by atoms with Gasteiger partial charge in [-0.3, -0.25) is 9.98 Å². The van der Waals surface area contributed by atoms with Gasteiger partial charge in [0, 0.05) is 25.1 Å². The van der Waals surface area contributed by atoms with Crippen LogP contribution in [-0.4, -0.2) is 19.0 Å². The van der Waals surface area contributed by atoms with Crippen LogP contribution in [0, 0.1) is 5.92 Å². The molecule has 1 rings (SSSR count). The van der Waals surface area contributed by atoms with Gasteiger partial charge in [-0.25, -0.2) is 0 Å². The molecule has 0 bridgehead atoms. The quantitative estimate of drug-likeness (QED) is 0.180. The van der Waals surface area contributed by atoms with Crippen molar-refractivity contribution in [3.05, 3.63) is 84.3 Å². The summed E-state index contributed by atoms with van der Waals surface area (Å²) < 4.78 is 0. The summed E-state index contributed by atoms with van der Waals surface area (Å²) in [6.07, 6.45) is 17.0. The van der Waals surface area contributed by atoms with Crippen LogP contribution in [-0.2, 0) is 0 Å². The molecule has 0 amide bonds. The molecule has 3 heteroatoms. The van der Waals surface area contributed by atoms with Gasteiger partial charge in [0.2, 0.25) is 0 Å². The first-order valence-corrected chi connectivity index (χ1v) is 13.8. The van der Waals surface area contributed by atoms with Crippen molar-refractivity contribution >= 4 is 23.7 Å². The summed E-state index contributed by atoms with van der Waals surface area (Å²) in [7, 11) is 1.76. The number of aliphatic imine (C=N–C) groups is 2. The highest BCUT2D eigenvalue weighted by Gasteiger charge is 2.00. The van der Waals surface area contributed by atoms with Crippen LogP contribution < -0.4 is 5.32 Å². The smallest absolute Gasteiger partial charge is 0.0601 e. The van der Waals surface area contributed by atoms with Crippen LogP contribution in [0.25, 0.3) is 6.08 Å². The van der Waals surface area contributed by atoms with Crippen LogP contribution in [0.1, 0.15) is 100 Å². The van der Waals surface area contributed by atoms with E-state index >= 15 is 0 Å². The van der Waals surface area contributed by atoms with E-state index in [1.54, 1.807) is 7.05 Å². The number of allylic oxidation sites excluding steroid dienone is 6. The van der Waals surface area contributed by atoms with Crippen LogP contribution in [0.3, 0.4) is 0 Å². The first-order valence-electron chi connectivity index (χ1n) is 13.8. The molecule has 0 spiro atoms. The first-order chi connectivity index (χ1) is 17.7. The molecule has 208 valence electrons. The van der Waals surface area contributed by atoms with Crippen molar-refractivity contribution in [2.24, 2.45) is 15.9 Å². The van der Waals surface area contributed by atoms with Crippen molar-refractivity contribution in [2.75, 3.05) is 12.4 Å². The summed E-state index contributed by atoms with van der Waals surface area (Å²) in [5.74, 6) is 0.963. The van der Waals surface area contributed by atoms with Crippen LogP contribution >= 0.6 is 0 Å². The predicted molar refractivity (Wildman–Crippen MR) is 175 cm³/mol. The van der Waals surface area contributed by atoms with Crippen molar-refractivity contribution in [1.82, 2.24) is 0 Å². The second kappa shape index (κ2) is 27.6. The molecular formula is C34H57N3. The summed E-state index contributed by atoms with van der Waals surface area (Å²) in [4.78, 5) is 8.53. The lowest BCUT2D eigenvalue weighted by atomic mass is 10.0. The Morgan fingerprint density at radius 3 is 2.03 bits per heavy atom. The van der Waals surface area contributed by atoms with Gasteiger partial charge in [-0.2, -0.15) is 0 Å². The molecular weight excluding hydrogens is 450 g/mol. The minimum absolute atomic E-state index is 0.765.